The molecule has 0 radical (unpaired) electrons. The van der Waals surface area contributed by atoms with Crippen molar-refractivity contribution in [3.8, 4) is 0 Å². The maximum absolute atomic E-state index is 12.9. The van der Waals surface area contributed by atoms with Crippen LogP contribution in [0.5, 0.6) is 0 Å². The van der Waals surface area contributed by atoms with Crippen LogP contribution in [0, 0.1) is 13.8 Å². The summed E-state index contributed by atoms with van der Waals surface area (Å²) in [6.45, 7) is 4.65. The van der Waals surface area contributed by atoms with Crippen molar-refractivity contribution >= 4 is 20.9 Å². The van der Waals surface area contributed by atoms with Crippen molar-refractivity contribution in [2.24, 2.45) is 0 Å². The van der Waals surface area contributed by atoms with Gasteiger partial charge in [0.25, 0.3) is 5.56 Å². The van der Waals surface area contributed by atoms with Crippen LogP contribution in [-0.2, 0) is 10.0 Å². The van der Waals surface area contributed by atoms with Gasteiger partial charge >= 0.3 is 0 Å². The smallest absolute Gasteiger partial charge is 0.261 e. The molecule has 3 aromatic rings. The Hall–Kier alpha value is -2.51. The van der Waals surface area contributed by atoms with Crippen molar-refractivity contribution in [2.45, 2.75) is 37.6 Å². The van der Waals surface area contributed by atoms with Gasteiger partial charge in [-0.1, -0.05) is 29.3 Å². The molecule has 146 valence electrons. The molecule has 7 heteroatoms. The van der Waals surface area contributed by atoms with Crippen molar-refractivity contribution in [1.82, 2.24) is 13.9 Å². The maximum atomic E-state index is 12.9. The molecule has 4 rings (SSSR count). The van der Waals surface area contributed by atoms with E-state index in [4.69, 9.17) is 0 Å². The van der Waals surface area contributed by atoms with E-state index in [1.54, 1.807) is 23.0 Å². The molecule has 6 nitrogen and oxygen atoms in total. The molecule has 2 heterocycles. The van der Waals surface area contributed by atoms with Crippen molar-refractivity contribution in [2.75, 3.05) is 13.1 Å². The number of sulfonamides is 1. The summed E-state index contributed by atoms with van der Waals surface area (Å²) in [7, 11) is -3.50. The van der Waals surface area contributed by atoms with Gasteiger partial charge in [0, 0.05) is 19.1 Å². The highest BCUT2D eigenvalue weighted by Gasteiger charge is 2.30. The zero-order chi connectivity index (χ0) is 19.9. The van der Waals surface area contributed by atoms with Crippen LogP contribution in [0.1, 0.15) is 30.0 Å². The standard InChI is InChI=1S/C21H23N3O3S/c1-15-3-6-18(7-4-15)28(26,27)23-11-9-17(10-12-23)24-14-22-20-8-5-16(2)13-19(20)21(24)25/h3-8,13-14,17H,9-12H2,1-2H3. The van der Waals surface area contributed by atoms with Crippen LogP contribution in [0.15, 0.2) is 58.5 Å². The Labute approximate surface area is 164 Å². The number of benzene rings is 2. The molecule has 1 fully saturated rings. The van der Waals surface area contributed by atoms with Crippen molar-refractivity contribution in [3.05, 3.63) is 70.3 Å². The van der Waals surface area contributed by atoms with E-state index in [0.29, 0.717) is 41.7 Å². The highest BCUT2D eigenvalue weighted by atomic mass is 32.2. The molecule has 1 aliphatic heterocycles. The average molecular weight is 398 g/mol. The van der Waals surface area contributed by atoms with Gasteiger partial charge in [0.15, 0.2) is 0 Å². The first-order valence-electron chi connectivity index (χ1n) is 9.40. The van der Waals surface area contributed by atoms with Gasteiger partial charge in [0.2, 0.25) is 10.0 Å². The number of nitrogens with zero attached hydrogens (tertiary/aromatic N) is 3. The van der Waals surface area contributed by atoms with Gasteiger partial charge in [-0.2, -0.15) is 4.31 Å². The number of rotatable bonds is 3. The highest BCUT2D eigenvalue weighted by Crippen LogP contribution is 2.26. The van der Waals surface area contributed by atoms with Crippen LogP contribution < -0.4 is 5.56 Å². The summed E-state index contributed by atoms with van der Waals surface area (Å²) in [4.78, 5) is 17.6. The number of hydrogen-bond acceptors (Lipinski definition) is 4. The van der Waals surface area contributed by atoms with Crippen LogP contribution in [-0.4, -0.2) is 35.4 Å². The summed E-state index contributed by atoms with van der Waals surface area (Å²) in [6.07, 6.45) is 2.77. The number of aromatic nitrogens is 2. The Balaban J connectivity index is 1.56. The van der Waals surface area contributed by atoms with E-state index >= 15 is 0 Å². The maximum Gasteiger partial charge on any atom is 0.261 e. The first kappa shape index (κ1) is 18.8. The van der Waals surface area contributed by atoms with Crippen molar-refractivity contribution in [1.29, 1.82) is 0 Å². The summed E-state index contributed by atoms with van der Waals surface area (Å²) in [5.41, 5.74) is 2.67. The largest absolute Gasteiger partial charge is 0.296 e. The Bertz CT molecular complexity index is 1180. The molecule has 0 atom stereocenters. The molecule has 1 saturated heterocycles. The number of hydrogen-bond donors (Lipinski definition) is 0. The minimum absolute atomic E-state index is 0.0469. The van der Waals surface area contributed by atoms with Crippen LogP contribution >= 0.6 is 0 Å². The molecule has 0 aliphatic carbocycles. The SMILES string of the molecule is Cc1ccc(S(=O)(=O)N2CCC(n3cnc4ccc(C)cc4c3=O)CC2)cc1. The minimum atomic E-state index is -3.50. The third kappa shape index (κ3) is 3.36. The summed E-state index contributed by atoms with van der Waals surface area (Å²) in [5.74, 6) is 0. The average Bonchev–Trinajstić information content (AvgIpc) is 2.69. The molecular formula is C21H23N3O3S. The highest BCUT2D eigenvalue weighted by molar-refractivity contribution is 7.89. The van der Waals surface area contributed by atoms with Gasteiger partial charge in [-0.25, -0.2) is 13.4 Å². The molecule has 0 amide bonds. The fourth-order valence-electron chi connectivity index (χ4n) is 3.73. The predicted octanol–water partition coefficient (Wildman–Crippen LogP) is 3.04. The lowest BCUT2D eigenvalue weighted by molar-refractivity contribution is 0.269. The number of aryl methyl sites for hydroxylation is 2. The van der Waals surface area contributed by atoms with E-state index in [1.807, 2.05) is 44.2 Å². The minimum Gasteiger partial charge on any atom is -0.296 e. The summed E-state index contributed by atoms with van der Waals surface area (Å²) < 4.78 is 28.9. The molecule has 0 saturated carbocycles. The second kappa shape index (κ2) is 7.14. The fourth-order valence-corrected chi connectivity index (χ4v) is 5.20. The quantitative estimate of drug-likeness (QED) is 0.681. The second-order valence-electron chi connectivity index (χ2n) is 7.43. The Morgan fingerprint density at radius 3 is 2.29 bits per heavy atom. The Morgan fingerprint density at radius 1 is 0.964 bits per heavy atom. The zero-order valence-corrected chi connectivity index (χ0v) is 16.8. The molecule has 0 N–H and O–H groups in total. The molecule has 28 heavy (non-hydrogen) atoms. The van der Waals surface area contributed by atoms with Crippen LogP contribution in [0.2, 0.25) is 0 Å². The van der Waals surface area contributed by atoms with Crippen LogP contribution in [0.3, 0.4) is 0 Å². The lowest BCUT2D eigenvalue weighted by Gasteiger charge is -2.32. The van der Waals surface area contributed by atoms with Gasteiger partial charge in [0.05, 0.1) is 22.1 Å². The topological polar surface area (TPSA) is 72.3 Å². The fraction of sp³-hybridized carbons (Fsp3) is 0.333. The normalized spacial score (nSPS) is 16.5. The molecule has 0 bridgehead atoms. The van der Waals surface area contributed by atoms with Crippen molar-refractivity contribution in [3.63, 3.8) is 0 Å². The molecule has 0 unspecified atom stereocenters. The first-order chi connectivity index (χ1) is 13.4. The molecule has 0 spiro atoms. The molecule has 2 aromatic carbocycles. The van der Waals surface area contributed by atoms with E-state index in [1.165, 1.54) is 4.31 Å². The Morgan fingerprint density at radius 2 is 1.61 bits per heavy atom. The Kier molecular flexibility index (Phi) is 4.81. The van der Waals surface area contributed by atoms with Gasteiger partial charge in [-0.15, -0.1) is 0 Å². The van der Waals surface area contributed by atoms with E-state index in [9.17, 15) is 13.2 Å². The molecular weight excluding hydrogens is 374 g/mol. The summed E-state index contributed by atoms with van der Waals surface area (Å²) >= 11 is 0. The number of piperidine rings is 1. The third-order valence-electron chi connectivity index (χ3n) is 5.41. The van der Waals surface area contributed by atoms with E-state index < -0.39 is 10.0 Å². The van der Waals surface area contributed by atoms with Gasteiger partial charge in [-0.3, -0.25) is 9.36 Å². The van der Waals surface area contributed by atoms with Crippen LogP contribution in [0.25, 0.3) is 10.9 Å². The van der Waals surface area contributed by atoms with Gasteiger partial charge in [0.1, 0.15) is 0 Å². The first-order valence-corrected chi connectivity index (χ1v) is 10.8. The summed E-state index contributed by atoms with van der Waals surface area (Å²) in [5, 5.41) is 0.609. The third-order valence-corrected chi connectivity index (χ3v) is 7.33. The van der Waals surface area contributed by atoms with Gasteiger partial charge < -0.3 is 0 Å². The lowest BCUT2D eigenvalue weighted by Crippen LogP contribution is -2.40. The predicted molar refractivity (Wildman–Crippen MR) is 109 cm³/mol. The zero-order valence-electron chi connectivity index (χ0n) is 16.0. The summed E-state index contributed by atoms with van der Waals surface area (Å²) in [6, 6.07) is 12.5. The van der Waals surface area contributed by atoms with E-state index in [-0.39, 0.29) is 11.6 Å². The van der Waals surface area contributed by atoms with Crippen LogP contribution in [0.4, 0.5) is 0 Å². The number of fused-ring (bicyclic) bond motifs is 1. The lowest BCUT2D eigenvalue weighted by atomic mass is 10.1. The van der Waals surface area contributed by atoms with Gasteiger partial charge in [-0.05, 0) is 51.0 Å². The molecule has 1 aliphatic rings. The van der Waals surface area contributed by atoms with E-state index in [0.717, 1.165) is 11.1 Å². The second-order valence-corrected chi connectivity index (χ2v) is 9.36. The monoisotopic (exact) mass is 397 g/mol. The van der Waals surface area contributed by atoms with E-state index in [2.05, 4.69) is 4.98 Å². The van der Waals surface area contributed by atoms with Crippen molar-refractivity contribution < 1.29 is 8.42 Å². The molecule has 1 aromatic heterocycles.